The first-order valence-electron chi connectivity index (χ1n) is 16.4. The zero-order valence-electron chi connectivity index (χ0n) is 27.7. The highest BCUT2D eigenvalue weighted by Gasteiger charge is 2.40. The van der Waals surface area contributed by atoms with E-state index in [0.717, 1.165) is 44.9 Å². The molecule has 0 aromatic heterocycles. The maximum atomic E-state index is 13.3. The summed E-state index contributed by atoms with van der Waals surface area (Å²) in [4.78, 5) is 54.0. The summed E-state index contributed by atoms with van der Waals surface area (Å²) in [5, 5.41) is 0. The summed E-state index contributed by atoms with van der Waals surface area (Å²) in [5.74, 6) is -3.82. The predicted octanol–water partition coefficient (Wildman–Crippen LogP) is 7.61. The first-order chi connectivity index (χ1) is 19.4. The van der Waals surface area contributed by atoms with Crippen molar-refractivity contribution in [3.63, 3.8) is 0 Å². The van der Waals surface area contributed by atoms with Crippen LogP contribution in [0.5, 0.6) is 0 Å². The highest BCUT2D eigenvalue weighted by molar-refractivity contribution is 5.77. The monoisotopic (exact) mass is 583 g/mol. The van der Waals surface area contributed by atoms with Crippen molar-refractivity contribution in [1.82, 2.24) is 4.90 Å². The van der Waals surface area contributed by atoms with Crippen molar-refractivity contribution in [2.75, 3.05) is 13.1 Å². The third-order valence-electron chi connectivity index (χ3n) is 7.76. The predicted molar refractivity (Wildman–Crippen MR) is 163 cm³/mol. The van der Waals surface area contributed by atoms with Crippen LogP contribution in [0.3, 0.4) is 0 Å². The second-order valence-electron chi connectivity index (χ2n) is 11.6. The van der Waals surface area contributed by atoms with E-state index >= 15 is 0 Å². The van der Waals surface area contributed by atoms with Gasteiger partial charge < -0.3 is 19.1 Å². The minimum atomic E-state index is -1.67. The van der Waals surface area contributed by atoms with Crippen LogP contribution >= 0.6 is 0 Å². The molecule has 0 saturated carbocycles. The van der Waals surface area contributed by atoms with Crippen LogP contribution in [0.4, 0.5) is 0 Å². The summed E-state index contributed by atoms with van der Waals surface area (Å²) in [5.41, 5.74) is 0. The number of ether oxygens (including phenoxy) is 3. The highest BCUT2D eigenvalue weighted by atomic mass is 16.7. The third-order valence-corrected chi connectivity index (χ3v) is 7.76. The normalized spacial score (nSPS) is 15.6. The maximum Gasteiger partial charge on any atom is 0.312 e. The fourth-order valence-corrected chi connectivity index (χ4v) is 4.96. The average molecular weight is 584 g/mol. The molecule has 0 aliphatic heterocycles. The molecular formula is C33H61NO7. The van der Waals surface area contributed by atoms with E-state index in [1.165, 1.54) is 4.90 Å². The largest absolute Gasteiger partial charge is 0.461 e. The van der Waals surface area contributed by atoms with Crippen LogP contribution in [0.25, 0.3) is 0 Å². The first-order valence-corrected chi connectivity index (χ1v) is 16.4. The molecule has 0 bridgehead atoms. The van der Waals surface area contributed by atoms with Gasteiger partial charge in [0.2, 0.25) is 5.91 Å². The third kappa shape index (κ3) is 15.1. The number of amides is 1. The molecule has 0 aromatic carbocycles. The van der Waals surface area contributed by atoms with Crippen molar-refractivity contribution in [1.29, 1.82) is 0 Å². The number of hydrogen-bond acceptors (Lipinski definition) is 7. The van der Waals surface area contributed by atoms with Gasteiger partial charge in [-0.1, -0.05) is 87.0 Å². The molecule has 5 atom stereocenters. The molecule has 0 aromatic rings. The molecule has 0 radical (unpaired) electrons. The Morgan fingerprint density at radius 1 is 0.659 bits per heavy atom. The SMILES string of the molecule is CCCC[C@H](CC)C(=O)O[C@H](C)CN(CC(C)(OC(=O)[C@H](CC)CCCC)OC(=O)[C@@H](CC)CCCC)C(=O)CC. The van der Waals surface area contributed by atoms with Gasteiger partial charge in [-0.05, 0) is 45.4 Å². The lowest BCUT2D eigenvalue weighted by atomic mass is 9.99. The molecule has 0 aliphatic carbocycles. The molecule has 0 saturated heterocycles. The molecular weight excluding hydrogens is 522 g/mol. The number of unbranched alkanes of at least 4 members (excludes halogenated alkanes) is 3. The van der Waals surface area contributed by atoms with E-state index in [-0.39, 0.29) is 49.1 Å². The van der Waals surface area contributed by atoms with Gasteiger partial charge in [-0.15, -0.1) is 0 Å². The Labute approximate surface area is 250 Å². The Morgan fingerprint density at radius 3 is 1.39 bits per heavy atom. The molecule has 0 N–H and O–H groups in total. The second kappa shape index (κ2) is 21.6. The molecule has 8 heteroatoms. The summed E-state index contributed by atoms with van der Waals surface area (Å²) in [6, 6.07) is 0. The van der Waals surface area contributed by atoms with Gasteiger partial charge >= 0.3 is 17.9 Å². The standard InChI is InChI=1S/C33H61NO7/c1-10-17-20-26(13-4)30(36)39-25(8)23-34(29(35)16-7)24-33(9,40-31(37)27(14-5)21-18-11-2)41-32(38)28(15-6)22-19-12-3/h25-28H,10-24H2,1-9H3/t25-,26+,27-,28+,33?/m1/s1. The van der Waals surface area contributed by atoms with Crippen molar-refractivity contribution in [2.45, 2.75) is 158 Å². The van der Waals surface area contributed by atoms with Crippen LogP contribution in [0.2, 0.25) is 0 Å². The quantitative estimate of drug-likeness (QED) is 0.0901. The topological polar surface area (TPSA) is 99.2 Å². The fraction of sp³-hybridized carbons (Fsp3) is 0.879. The average Bonchev–Trinajstić information content (AvgIpc) is 2.93. The van der Waals surface area contributed by atoms with Gasteiger partial charge in [-0.2, -0.15) is 0 Å². The van der Waals surface area contributed by atoms with E-state index in [1.807, 2.05) is 20.8 Å². The van der Waals surface area contributed by atoms with Crippen LogP contribution in [-0.4, -0.2) is 53.7 Å². The molecule has 0 aliphatic rings. The fourth-order valence-electron chi connectivity index (χ4n) is 4.96. The lowest BCUT2D eigenvalue weighted by molar-refractivity contribution is -0.234. The van der Waals surface area contributed by atoms with Gasteiger partial charge in [-0.25, -0.2) is 0 Å². The molecule has 0 heterocycles. The zero-order chi connectivity index (χ0) is 31.4. The summed E-state index contributed by atoms with van der Waals surface area (Å²) in [6.07, 6.45) is 9.32. The molecule has 41 heavy (non-hydrogen) atoms. The molecule has 0 rings (SSSR count). The van der Waals surface area contributed by atoms with Gasteiger partial charge in [-0.3, -0.25) is 19.2 Å². The van der Waals surface area contributed by atoms with Crippen LogP contribution < -0.4 is 0 Å². The number of carbonyl (C=O) groups excluding carboxylic acids is 4. The van der Waals surface area contributed by atoms with E-state index in [4.69, 9.17) is 14.2 Å². The number of esters is 3. The minimum Gasteiger partial charge on any atom is -0.461 e. The Hall–Kier alpha value is -2.12. The van der Waals surface area contributed by atoms with Crippen molar-refractivity contribution in [3.05, 3.63) is 0 Å². The lowest BCUT2D eigenvalue weighted by Gasteiger charge is -2.37. The van der Waals surface area contributed by atoms with Crippen LogP contribution in [0, 0.1) is 17.8 Å². The number of rotatable bonds is 23. The second-order valence-corrected chi connectivity index (χ2v) is 11.6. The molecule has 240 valence electrons. The van der Waals surface area contributed by atoms with E-state index in [9.17, 15) is 19.2 Å². The minimum absolute atomic E-state index is 0.105. The van der Waals surface area contributed by atoms with Crippen molar-refractivity contribution in [3.8, 4) is 0 Å². The van der Waals surface area contributed by atoms with Crippen LogP contribution in [0.15, 0.2) is 0 Å². The summed E-state index contributed by atoms with van der Waals surface area (Å²) >= 11 is 0. The molecule has 0 spiro atoms. The van der Waals surface area contributed by atoms with Gasteiger partial charge in [0.05, 0.1) is 30.8 Å². The molecule has 8 nitrogen and oxygen atoms in total. The Balaban J connectivity index is 6.00. The summed E-state index contributed by atoms with van der Waals surface area (Å²) < 4.78 is 17.7. The van der Waals surface area contributed by atoms with Crippen molar-refractivity contribution < 1.29 is 33.4 Å². The van der Waals surface area contributed by atoms with Crippen molar-refractivity contribution >= 4 is 23.8 Å². The van der Waals surface area contributed by atoms with Crippen LogP contribution in [-0.2, 0) is 33.4 Å². The highest BCUT2D eigenvalue weighted by Crippen LogP contribution is 2.26. The number of hydrogen-bond donors (Lipinski definition) is 0. The van der Waals surface area contributed by atoms with E-state index in [0.29, 0.717) is 32.1 Å². The van der Waals surface area contributed by atoms with Crippen molar-refractivity contribution in [2.24, 2.45) is 17.8 Å². The summed E-state index contributed by atoms with van der Waals surface area (Å²) in [6.45, 7) is 17.1. The Bertz CT molecular complexity index is 739. The lowest BCUT2D eigenvalue weighted by Crippen LogP contribution is -2.52. The van der Waals surface area contributed by atoms with Gasteiger partial charge in [0, 0.05) is 13.3 Å². The van der Waals surface area contributed by atoms with Gasteiger partial charge in [0.15, 0.2) is 0 Å². The first kappa shape index (κ1) is 38.9. The summed E-state index contributed by atoms with van der Waals surface area (Å²) in [7, 11) is 0. The van der Waals surface area contributed by atoms with Gasteiger partial charge in [0.25, 0.3) is 5.79 Å². The van der Waals surface area contributed by atoms with E-state index < -0.39 is 23.8 Å². The smallest absolute Gasteiger partial charge is 0.312 e. The number of nitrogens with zero attached hydrogens (tertiary/aromatic N) is 1. The van der Waals surface area contributed by atoms with E-state index in [2.05, 4.69) is 20.8 Å². The Kier molecular flexibility index (Phi) is 20.4. The molecule has 1 amide bonds. The Morgan fingerprint density at radius 2 is 1.05 bits per heavy atom. The maximum absolute atomic E-state index is 13.3. The van der Waals surface area contributed by atoms with Gasteiger partial charge in [0.1, 0.15) is 6.10 Å². The number of carbonyl (C=O) groups is 4. The zero-order valence-corrected chi connectivity index (χ0v) is 27.7. The van der Waals surface area contributed by atoms with Crippen LogP contribution in [0.1, 0.15) is 146 Å². The molecule has 1 unspecified atom stereocenters. The van der Waals surface area contributed by atoms with E-state index in [1.54, 1.807) is 20.8 Å². The molecule has 0 fully saturated rings.